The van der Waals surface area contributed by atoms with Crippen molar-refractivity contribution in [1.82, 2.24) is 9.80 Å². The van der Waals surface area contributed by atoms with Crippen LogP contribution < -0.4 is 10.6 Å². The molecule has 0 spiro atoms. The molecule has 2 atom stereocenters. The minimum Gasteiger partial charge on any atom is -0.444 e. The number of halogens is 2. The quantitative estimate of drug-likeness (QED) is 0.165. The molecule has 2 aliphatic heterocycles. The van der Waals surface area contributed by atoms with Crippen molar-refractivity contribution in [3.05, 3.63) is 96.6 Å². The van der Waals surface area contributed by atoms with E-state index in [9.17, 15) is 36.4 Å². The normalized spacial score (nSPS) is 16.5. The van der Waals surface area contributed by atoms with Crippen LogP contribution >= 0.6 is 11.8 Å². The van der Waals surface area contributed by atoms with Crippen molar-refractivity contribution >= 4 is 57.0 Å². The van der Waals surface area contributed by atoms with Gasteiger partial charge in [0.2, 0.25) is 11.8 Å². The first-order valence-corrected chi connectivity index (χ1v) is 23.3. The van der Waals surface area contributed by atoms with Crippen LogP contribution in [0.1, 0.15) is 67.2 Å². The van der Waals surface area contributed by atoms with Crippen molar-refractivity contribution in [3.63, 3.8) is 0 Å². The summed E-state index contributed by atoms with van der Waals surface area (Å²) in [5.41, 5.74) is 1.14. The fourth-order valence-corrected chi connectivity index (χ4v) is 8.60. The monoisotopic (exact) mass is 892 g/mol. The van der Waals surface area contributed by atoms with Crippen LogP contribution in [0.2, 0.25) is 0 Å². The summed E-state index contributed by atoms with van der Waals surface area (Å²) in [5.74, 6) is -2.13. The molecule has 2 fully saturated rings. The number of likely N-dealkylation sites (tertiary alicyclic amines) is 2. The molecule has 62 heavy (non-hydrogen) atoms. The number of benzene rings is 4. The van der Waals surface area contributed by atoms with Crippen LogP contribution in [-0.4, -0.2) is 91.1 Å². The Labute approximate surface area is 366 Å². The van der Waals surface area contributed by atoms with Crippen molar-refractivity contribution < 1.29 is 45.9 Å². The summed E-state index contributed by atoms with van der Waals surface area (Å²) in [7, 11) is -3.50. The molecule has 4 aromatic carbocycles. The van der Waals surface area contributed by atoms with E-state index in [0.29, 0.717) is 49.9 Å². The molecule has 2 unspecified atom stereocenters. The molecule has 4 amide bonds. The highest BCUT2D eigenvalue weighted by Crippen LogP contribution is 2.33. The fraction of sp³-hybridized carbons (Fsp3) is 0.391. The van der Waals surface area contributed by atoms with Crippen LogP contribution in [0.3, 0.4) is 0 Å². The summed E-state index contributed by atoms with van der Waals surface area (Å²) in [6.07, 6.45) is 4.27. The Morgan fingerprint density at radius 3 is 1.50 bits per heavy atom. The Morgan fingerprint density at radius 2 is 1.08 bits per heavy atom. The smallest absolute Gasteiger partial charge is 0.410 e. The third-order valence-corrected chi connectivity index (χ3v) is 11.8. The van der Waals surface area contributed by atoms with Crippen LogP contribution in [0.25, 0.3) is 22.3 Å². The van der Waals surface area contributed by atoms with Gasteiger partial charge >= 0.3 is 12.2 Å². The summed E-state index contributed by atoms with van der Waals surface area (Å²) >= 11 is 1.59. The summed E-state index contributed by atoms with van der Waals surface area (Å²) in [6.45, 7) is 11.4. The van der Waals surface area contributed by atoms with Crippen molar-refractivity contribution in [2.75, 3.05) is 36.2 Å². The molecule has 2 aliphatic rings. The standard InChI is InChI=1S/C23H27FN2O5S.C23H27FN2O3S/c1-23(2,3)31-22(28)26-13-7-9-19(26)21(27)25-18-12-11-15(14-17(18)24)16-8-5-6-10-20(16)32(4,29)30;1-23(2,3)29-22(28)26-13-7-9-19(26)21(27)25-18-12-11-15(14-17(18)24)16-8-5-6-10-20(16)30-4/h5-6,8,10-12,14,19H,7,9,13H2,1-4H3,(H,25,27);5-6,8,10-12,14,19H,7,9,13H2,1-4H3,(H,25,27). The maximum Gasteiger partial charge on any atom is 0.410 e. The van der Waals surface area contributed by atoms with E-state index in [0.717, 1.165) is 22.3 Å². The van der Waals surface area contributed by atoms with E-state index < -0.39 is 68.8 Å². The first-order chi connectivity index (χ1) is 29.1. The van der Waals surface area contributed by atoms with Gasteiger partial charge in [-0.15, -0.1) is 11.8 Å². The van der Waals surface area contributed by atoms with E-state index in [2.05, 4.69) is 10.6 Å². The molecule has 332 valence electrons. The van der Waals surface area contributed by atoms with Crippen molar-refractivity contribution in [2.24, 2.45) is 0 Å². The molecule has 2 N–H and O–H groups in total. The number of amides is 4. The highest BCUT2D eigenvalue weighted by Gasteiger charge is 2.38. The molecule has 0 aromatic heterocycles. The Hall–Kier alpha value is -5.48. The van der Waals surface area contributed by atoms with Gasteiger partial charge < -0.3 is 20.1 Å². The molecule has 16 heteroatoms. The van der Waals surface area contributed by atoms with E-state index in [-0.39, 0.29) is 16.3 Å². The zero-order chi connectivity index (χ0) is 45.6. The lowest BCUT2D eigenvalue weighted by atomic mass is 10.0. The highest BCUT2D eigenvalue weighted by molar-refractivity contribution is 7.98. The van der Waals surface area contributed by atoms with E-state index >= 15 is 0 Å². The SMILES string of the molecule is CC(C)(C)OC(=O)N1CCCC1C(=O)Nc1ccc(-c2ccccc2S(C)(=O)=O)cc1F.CSc1ccccc1-c1ccc(NC(=O)C2CCCN2C(=O)OC(C)(C)C)c(F)c1. The van der Waals surface area contributed by atoms with Crippen molar-refractivity contribution in [2.45, 2.75) is 100 Å². The van der Waals surface area contributed by atoms with Gasteiger partial charge in [-0.25, -0.2) is 26.8 Å². The third-order valence-electron chi connectivity index (χ3n) is 9.84. The van der Waals surface area contributed by atoms with Crippen LogP contribution in [0.5, 0.6) is 0 Å². The van der Waals surface area contributed by atoms with Gasteiger partial charge in [0.05, 0.1) is 16.3 Å². The summed E-state index contributed by atoms with van der Waals surface area (Å²) < 4.78 is 64.4. The molecule has 0 bridgehead atoms. The van der Waals surface area contributed by atoms with E-state index in [1.54, 1.807) is 89.7 Å². The molecule has 6 rings (SSSR count). The van der Waals surface area contributed by atoms with Crippen molar-refractivity contribution in [3.8, 4) is 22.3 Å². The fourth-order valence-electron chi connectivity index (χ4n) is 7.07. The van der Waals surface area contributed by atoms with Crippen molar-refractivity contribution in [1.29, 1.82) is 0 Å². The van der Waals surface area contributed by atoms with Crippen LogP contribution in [-0.2, 0) is 28.9 Å². The van der Waals surface area contributed by atoms with E-state index in [4.69, 9.17) is 9.47 Å². The number of anilines is 2. The predicted molar refractivity (Wildman–Crippen MR) is 238 cm³/mol. The molecule has 0 radical (unpaired) electrons. The molecule has 12 nitrogen and oxygen atoms in total. The zero-order valence-corrected chi connectivity index (χ0v) is 37.8. The minimum absolute atomic E-state index is 0.0494. The number of rotatable bonds is 8. The number of hydrogen-bond acceptors (Lipinski definition) is 9. The Kier molecular flexibility index (Phi) is 15.1. The van der Waals surface area contributed by atoms with Gasteiger partial charge in [0, 0.05) is 29.8 Å². The Bertz CT molecular complexity index is 2420. The number of thioether (sulfide) groups is 1. The lowest BCUT2D eigenvalue weighted by Gasteiger charge is -2.28. The molecular formula is C46H54F2N4O8S2. The molecule has 0 aliphatic carbocycles. The number of nitrogens with zero attached hydrogens (tertiary/aromatic N) is 2. The summed E-state index contributed by atoms with van der Waals surface area (Å²) in [6, 6.07) is 21.6. The molecule has 4 aromatic rings. The Balaban J connectivity index is 0.000000235. The zero-order valence-electron chi connectivity index (χ0n) is 36.2. The van der Waals surface area contributed by atoms with Crippen LogP contribution in [0.4, 0.5) is 29.7 Å². The maximum absolute atomic E-state index is 14.8. The lowest BCUT2D eigenvalue weighted by Crippen LogP contribution is -2.45. The van der Waals surface area contributed by atoms with Gasteiger partial charge in [0.25, 0.3) is 0 Å². The largest absolute Gasteiger partial charge is 0.444 e. The van der Waals surface area contributed by atoms with E-state index in [1.165, 1.54) is 34.1 Å². The van der Waals surface area contributed by atoms with Gasteiger partial charge in [-0.05, 0) is 127 Å². The van der Waals surface area contributed by atoms with Crippen LogP contribution in [0, 0.1) is 11.6 Å². The average Bonchev–Trinajstić information content (AvgIpc) is 3.90. The number of sulfone groups is 1. The van der Waals surface area contributed by atoms with E-state index in [1.807, 2.05) is 30.5 Å². The second-order valence-corrected chi connectivity index (χ2v) is 19.8. The second-order valence-electron chi connectivity index (χ2n) is 17.0. The van der Waals surface area contributed by atoms with Crippen LogP contribution in [0.15, 0.2) is 94.7 Å². The van der Waals surface area contributed by atoms with Gasteiger partial charge in [-0.1, -0.05) is 48.5 Å². The molecule has 2 heterocycles. The van der Waals surface area contributed by atoms with Gasteiger partial charge in [-0.3, -0.25) is 19.4 Å². The predicted octanol–water partition coefficient (Wildman–Crippen LogP) is 9.79. The van der Waals surface area contributed by atoms with Gasteiger partial charge in [-0.2, -0.15) is 0 Å². The maximum atomic E-state index is 14.8. The number of hydrogen-bond donors (Lipinski definition) is 2. The topological polar surface area (TPSA) is 151 Å². The minimum atomic E-state index is -3.50. The lowest BCUT2D eigenvalue weighted by molar-refractivity contribution is -0.121. The van der Waals surface area contributed by atoms with Gasteiger partial charge in [0.1, 0.15) is 34.9 Å². The number of nitrogens with one attached hydrogen (secondary N) is 2. The first-order valence-electron chi connectivity index (χ1n) is 20.2. The molecular weight excluding hydrogens is 839 g/mol. The summed E-state index contributed by atoms with van der Waals surface area (Å²) in [5, 5.41) is 5.18. The summed E-state index contributed by atoms with van der Waals surface area (Å²) in [4.78, 5) is 54.3. The number of carbonyl (C=O) groups is 4. The third kappa shape index (κ3) is 12.3. The number of ether oxygens (including phenoxy) is 2. The first kappa shape index (κ1) is 47.6. The average molecular weight is 893 g/mol. The second kappa shape index (κ2) is 19.7. The van der Waals surface area contributed by atoms with Gasteiger partial charge in [0.15, 0.2) is 9.84 Å². The molecule has 2 saturated heterocycles. The molecule has 0 saturated carbocycles. The number of carbonyl (C=O) groups excluding carboxylic acids is 4. The highest BCUT2D eigenvalue weighted by atomic mass is 32.2. The Morgan fingerprint density at radius 1 is 0.661 bits per heavy atom.